The van der Waals surface area contributed by atoms with E-state index in [-0.39, 0.29) is 5.63 Å². The van der Waals surface area contributed by atoms with Crippen LogP contribution in [-0.2, 0) is 6.42 Å². The van der Waals surface area contributed by atoms with Crippen LogP contribution >= 0.6 is 11.6 Å². The van der Waals surface area contributed by atoms with Gasteiger partial charge in [0.1, 0.15) is 5.58 Å². The molecule has 3 heteroatoms. The van der Waals surface area contributed by atoms with Crippen molar-refractivity contribution in [3.8, 4) is 0 Å². The summed E-state index contributed by atoms with van der Waals surface area (Å²) in [6.07, 6.45) is 12.3. The normalized spacial score (nSPS) is 11.2. The first-order chi connectivity index (χ1) is 11.2. The molecule has 0 fully saturated rings. The van der Waals surface area contributed by atoms with Gasteiger partial charge in [-0.2, -0.15) is 0 Å². The molecule has 0 aliphatic carbocycles. The van der Waals surface area contributed by atoms with Gasteiger partial charge >= 0.3 is 5.63 Å². The fourth-order valence-corrected chi connectivity index (χ4v) is 3.12. The van der Waals surface area contributed by atoms with Crippen molar-refractivity contribution in [3.63, 3.8) is 0 Å². The van der Waals surface area contributed by atoms with Gasteiger partial charge in [0.25, 0.3) is 0 Å². The van der Waals surface area contributed by atoms with E-state index >= 15 is 0 Å². The second-order valence-electron chi connectivity index (χ2n) is 6.32. The van der Waals surface area contributed by atoms with Crippen LogP contribution in [0.4, 0.5) is 0 Å². The molecule has 0 aliphatic rings. The third-order valence-electron chi connectivity index (χ3n) is 4.32. The van der Waals surface area contributed by atoms with Gasteiger partial charge < -0.3 is 4.42 Å². The van der Waals surface area contributed by atoms with Gasteiger partial charge in [0.2, 0.25) is 0 Å². The molecule has 2 nitrogen and oxygen atoms in total. The summed E-state index contributed by atoms with van der Waals surface area (Å²) in [5.74, 6) is 0. The van der Waals surface area contributed by atoms with Crippen molar-refractivity contribution in [1.82, 2.24) is 0 Å². The van der Waals surface area contributed by atoms with Crippen molar-refractivity contribution in [2.75, 3.05) is 0 Å². The third kappa shape index (κ3) is 6.02. The maximum atomic E-state index is 12.0. The highest BCUT2D eigenvalue weighted by Gasteiger charge is 2.05. The summed E-state index contributed by atoms with van der Waals surface area (Å²) >= 11 is 6.00. The van der Waals surface area contributed by atoms with E-state index in [2.05, 4.69) is 6.92 Å². The van der Waals surface area contributed by atoms with Crippen LogP contribution in [0.15, 0.2) is 33.5 Å². The number of aryl methyl sites for hydroxylation is 1. The lowest BCUT2D eigenvalue weighted by atomic mass is 10.0. The van der Waals surface area contributed by atoms with Gasteiger partial charge in [0, 0.05) is 16.0 Å². The number of fused-ring (bicyclic) bond motifs is 1. The largest absolute Gasteiger partial charge is 0.423 e. The standard InChI is InChI=1S/C20H27ClO2/c1-2-3-4-5-6-7-8-9-10-11-16-14-17-15-18(21)12-13-19(17)23-20(16)22/h12-15H,2-11H2,1H3. The third-order valence-corrected chi connectivity index (χ3v) is 4.55. The molecule has 1 heterocycles. The monoisotopic (exact) mass is 334 g/mol. The number of hydrogen-bond acceptors (Lipinski definition) is 2. The lowest BCUT2D eigenvalue weighted by molar-refractivity contribution is 0.538. The van der Waals surface area contributed by atoms with Gasteiger partial charge in [-0.25, -0.2) is 4.79 Å². The lowest BCUT2D eigenvalue weighted by Gasteiger charge is -2.04. The summed E-state index contributed by atoms with van der Waals surface area (Å²) in [4.78, 5) is 12.0. The highest BCUT2D eigenvalue weighted by molar-refractivity contribution is 6.31. The van der Waals surface area contributed by atoms with E-state index in [0.29, 0.717) is 10.6 Å². The van der Waals surface area contributed by atoms with Crippen LogP contribution in [0.3, 0.4) is 0 Å². The SMILES string of the molecule is CCCCCCCCCCCc1cc2cc(Cl)ccc2oc1=O. The molecular weight excluding hydrogens is 308 g/mol. The van der Waals surface area contributed by atoms with E-state index in [4.69, 9.17) is 16.0 Å². The topological polar surface area (TPSA) is 30.2 Å². The van der Waals surface area contributed by atoms with Gasteiger partial charge in [-0.3, -0.25) is 0 Å². The summed E-state index contributed by atoms with van der Waals surface area (Å²) in [5, 5.41) is 1.57. The van der Waals surface area contributed by atoms with Gasteiger partial charge in [0.05, 0.1) is 0 Å². The van der Waals surface area contributed by atoms with Crippen molar-refractivity contribution in [3.05, 3.63) is 45.3 Å². The van der Waals surface area contributed by atoms with Gasteiger partial charge in [-0.15, -0.1) is 0 Å². The molecule has 0 unspecified atom stereocenters. The Hall–Kier alpha value is -1.28. The molecule has 0 saturated carbocycles. The Kier molecular flexibility index (Phi) is 7.67. The number of hydrogen-bond donors (Lipinski definition) is 0. The summed E-state index contributed by atoms with van der Waals surface area (Å²) in [6, 6.07) is 7.27. The first kappa shape index (κ1) is 18.1. The zero-order chi connectivity index (χ0) is 16.5. The van der Waals surface area contributed by atoms with Crippen LogP contribution in [0.25, 0.3) is 11.0 Å². The fraction of sp³-hybridized carbons (Fsp3) is 0.550. The number of rotatable bonds is 10. The first-order valence-electron chi connectivity index (χ1n) is 8.93. The smallest absolute Gasteiger partial charge is 0.339 e. The minimum atomic E-state index is -0.209. The summed E-state index contributed by atoms with van der Waals surface area (Å²) < 4.78 is 5.37. The summed E-state index contributed by atoms with van der Waals surface area (Å²) in [5.41, 5.74) is 1.16. The van der Waals surface area contributed by atoms with Crippen LogP contribution in [0.2, 0.25) is 5.02 Å². The molecular formula is C20H27ClO2. The molecule has 0 spiro atoms. The molecule has 0 atom stereocenters. The van der Waals surface area contributed by atoms with Crippen molar-refractivity contribution < 1.29 is 4.42 Å². The molecule has 0 bridgehead atoms. The van der Waals surface area contributed by atoms with Gasteiger partial charge in [-0.1, -0.05) is 69.9 Å². The van der Waals surface area contributed by atoms with Gasteiger partial charge in [0.15, 0.2) is 0 Å². The van der Waals surface area contributed by atoms with E-state index in [0.717, 1.165) is 23.8 Å². The molecule has 0 aliphatic heterocycles. The van der Waals surface area contributed by atoms with Crippen LogP contribution in [0.1, 0.15) is 70.3 Å². The van der Waals surface area contributed by atoms with E-state index in [1.54, 1.807) is 12.1 Å². The van der Waals surface area contributed by atoms with E-state index in [1.165, 1.54) is 51.4 Å². The molecule has 1 aromatic carbocycles. The molecule has 0 amide bonds. The highest BCUT2D eigenvalue weighted by Crippen LogP contribution is 2.19. The Morgan fingerprint density at radius 3 is 2.26 bits per heavy atom. The summed E-state index contributed by atoms with van der Waals surface area (Å²) in [7, 11) is 0. The van der Waals surface area contributed by atoms with Crippen molar-refractivity contribution in [2.45, 2.75) is 71.1 Å². The average molecular weight is 335 g/mol. The zero-order valence-corrected chi connectivity index (χ0v) is 14.8. The molecule has 23 heavy (non-hydrogen) atoms. The molecule has 2 aromatic rings. The number of halogens is 1. The predicted octanol–water partition coefficient (Wildman–Crippen LogP) is 6.52. The Morgan fingerprint density at radius 2 is 1.57 bits per heavy atom. The van der Waals surface area contributed by atoms with Crippen LogP contribution in [0.5, 0.6) is 0 Å². The Balaban J connectivity index is 1.74. The maximum absolute atomic E-state index is 12.0. The predicted molar refractivity (Wildman–Crippen MR) is 98.4 cm³/mol. The van der Waals surface area contributed by atoms with Crippen LogP contribution in [-0.4, -0.2) is 0 Å². The zero-order valence-electron chi connectivity index (χ0n) is 14.1. The molecule has 126 valence electrons. The summed E-state index contributed by atoms with van der Waals surface area (Å²) in [6.45, 7) is 2.25. The maximum Gasteiger partial charge on any atom is 0.339 e. The van der Waals surface area contributed by atoms with E-state index < -0.39 is 0 Å². The Labute approximate surface area is 143 Å². The minimum absolute atomic E-state index is 0.209. The molecule has 0 N–H and O–H groups in total. The molecule has 0 radical (unpaired) electrons. The fourth-order valence-electron chi connectivity index (χ4n) is 2.94. The van der Waals surface area contributed by atoms with Crippen molar-refractivity contribution in [2.24, 2.45) is 0 Å². The first-order valence-corrected chi connectivity index (χ1v) is 9.31. The van der Waals surface area contributed by atoms with Gasteiger partial charge in [-0.05, 0) is 37.1 Å². The second-order valence-corrected chi connectivity index (χ2v) is 6.76. The lowest BCUT2D eigenvalue weighted by Crippen LogP contribution is -2.07. The van der Waals surface area contributed by atoms with E-state index in [9.17, 15) is 4.79 Å². The highest BCUT2D eigenvalue weighted by atomic mass is 35.5. The number of unbranched alkanes of at least 4 members (excludes halogenated alkanes) is 8. The average Bonchev–Trinajstić information content (AvgIpc) is 2.54. The van der Waals surface area contributed by atoms with E-state index in [1.807, 2.05) is 12.1 Å². The molecule has 2 rings (SSSR count). The van der Waals surface area contributed by atoms with Crippen molar-refractivity contribution >= 4 is 22.6 Å². The number of benzene rings is 1. The second kappa shape index (κ2) is 9.77. The minimum Gasteiger partial charge on any atom is -0.423 e. The quantitative estimate of drug-likeness (QED) is 0.365. The Bertz CT molecular complexity index is 660. The van der Waals surface area contributed by atoms with Crippen LogP contribution in [0, 0.1) is 0 Å². The van der Waals surface area contributed by atoms with Crippen LogP contribution < -0.4 is 5.63 Å². The molecule has 0 saturated heterocycles. The van der Waals surface area contributed by atoms with Crippen molar-refractivity contribution in [1.29, 1.82) is 0 Å². The Morgan fingerprint density at radius 1 is 0.913 bits per heavy atom. The molecule has 1 aromatic heterocycles.